The van der Waals surface area contributed by atoms with Crippen molar-refractivity contribution in [2.45, 2.75) is 18.1 Å². The van der Waals surface area contributed by atoms with Crippen LogP contribution in [0.5, 0.6) is 11.5 Å². The molecule has 1 aromatic carbocycles. The van der Waals surface area contributed by atoms with Gasteiger partial charge < -0.3 is 18.8 Å². The molecule has 4 heterocycles. The Morgan fingerprint density at radius 3 is 2.49 bits per heavy atom. The smallest absolute Gasteiger partial charge is 0.243 e. The second-order valence-corrected chi connectivity index (χ2v) is 10.2. The summed E-state index contributed by atoms with van der Waals surface area (Å²) in [5, 5.41) is 7.53. The second kappa shape index (κ2) is 10.0. The molecule has 0 radical (unpaired) electrons. The number of methoxy groups -OCH3 is 2. The normalized spacial score (nSPS) is 16.0. The highest BCUT2D eigenvalue weighted by Gasteiger charge is 2.34. The van der Waals surface area contributed by atoms with Crippen molar-refractivity contribution in [3.8, 4) is 28.8 Å². The summed E-state index contributed by atoms with van der Waals surface area (Å²) in [6, 6.07) is 8.54. The average molecular weight is 532 g/mol. The Balaban J connectivity index is 0.00000336. The van der Waals surface area contributed by atoms with Crippen LogP contribution >= 0.6 is 0 Å². The number of rotatable bonds is 8. The SMILES string of the molecule is COc1cccc(OC)c1-n1c(NS(=O)(=O)[C@H]2CCCN(c3ncc(F)cn3)C2)nnc1-c1ccco1.[HH]. The Bertz CT molecular complexity index is 1460. The lowest BCUT2D eigenvalue weighted by molar-refractivity contribution is 0.391. The number of hydrogen-bond donors (Lipinski definition) is 1. The summed E-state index contributed by atoms with van der Waals surface area (Å²) in [4.78, 5) is 9.69. The first-order valence-electron chi connectivity index (χ1n) is 11.4. The predicted molar refractivity (Wildman–Crippen MR) is 134 cm³/mol. The molecule has 0 unspecified atom stereocenters. The summed E-state index contributed by atoms with van der Waals surface area (Å²) in [7, 11) is -0.981. The van der Waals surface area contributed by atoms with E-state index in [4.69, 9.17) is 13.9 Å². The molecule has 1 fully saturated rings. The van der Waals surface area contributed by atoms with E-state index in [-0.39, 0.29) is 25.7 Å². The molecule has 4 aromatic rings. The molecule has 0 bridgehead atoms. The molecule has 37 heavy (non-hydrogen) atoms. The zero-order valence-corrected chi connectivity index (χ0v) is 20.9. The maximum atomic E-state index is 13.6. The second-order valence-electron chi connectivity index (χ2n) is 8.23. The number of anilines is 2. The summed E-state index contributed by atoms with van der Waals surface area (Å²) in [6.07, 6.45) is 4.57. The molecular formula is C23H26FN7O5S. The van der Waals surface area contributed by atoms with Crippen LogP contribution in [-0.2, 0) is 10.0 Å². The number of furan rings is 1. The van der Waals surface area contributed by atoms with Gasteiger partial charge in [-0.05, 0) is 37.1 Å². The van der Waals surface area contributed by atoms with Gasteiger partial charge in [0.05, 0.1) is 38.1 Å². The van der Waals surface area contributed by atoms with Crippen molar-refractivity contribution in [3.05, 3.63) is 54.8 Å². The van der Waals surface area contributed by atoms with E-state index in [1.54, 1.807) is 35.2 Å². The molecule has 1 N–H and O–H groups in total. The van der Waals surface area contributed by atoms with Crippen molar-refractivity contribution < 1.29 is 28.1 Å². The molecule has 14 heteroatoms. The van der Waals surface area contributed by atoms with Crippen LogP contribution in [0.25, 0.3) is 17.3 Å². The molecule has 0 spiro atoms. The van der Waals surface area contributed by atoms with Gasteiger partial charge in [-0.2, -0.15) is 0 Å². The zero-order valence-electron chi connectivity index (χ0n) is 20.0. The molecule has 0 saturated carbocycles. The topological polar surface area (TPSA) is 138 Å². The fourth-order valence-corrected chi connectivity index (χ4v) is 5.64. The number of hydrogen-bond acceptors (Lipinski definition) is 10. The quantitative estimate of drug-likeness (QED) is 0.361. The van der Waals surface area contributed by atoms with Crippen LogP contribution < -0.4 is 19.1 Å². The van der Waals surface area contributed by atoms with E-state index in [0.717, 1.165) is 12.4 Å². The first kappa shape index (κ1) is 24.5. The van der Waals surface area contributed by atoms with Gasteiger partial charge in [0.15, 0.2) is 11.6 Å². The van der Waals surface area contributed by atoms with E-state index in [1.165, 1.54) is 25.0 Å². The van der Waals surface area contributed by atoms with Gasteiger partial charge >= 0.3 is 0 Å². The lowest BCUT2D eigenvalue weighted by Gasteiger charge is -2.32. The number of nitrogens with one attached hydrogen (secondary N) is 1. The highest BCUT2D eigenvalue weighted by Crippen LogP contribution is 2.38. The van der Waals surface area contributed by atoms with Crippen molar-refractivity contribution >= 4 is 21.9 Å². The Morgan fingerprint density at radius 1 is 1.11 bits per heavy atom. The summed E-state index contributed by atoms with van der Waals surface area (Å²) >= 11 is 0. The van der Waals surface area contributed by atoms with Gasteiger partial charge in [-0.3, -0.25) is 9.29 Å². The highest BCUT2D eigenvalue weighted by atomic mass is 32.2. The van der Waals surface area contributed by atoms with Gasteiger partial charge in [0.1, 0.15) is 17.2 Å². The summed E-state index contributed by atoms with van der Waals surface area (Å²) in [6.45, 7) is 0.674. The summed E-state index contributed by atoms with van der Waals surface area (Å²) in [5.74, 6) is 1.06. The number of piperidine rings is 1. The lowest BCUT2D eigenvalue weighted by atomic mass is 10.1. The molecule has 196 valence electrons. The van der Waals surface area contributed by atoms with E-state index in [0.29, 0.717) is 42.3 Å². The molecule has 0 amide bonds. The molecule has 5 rings (SSSR count). The molecule has 1 aliphatic rings. The lowest BCUT2D eigenvalue weighted by Crippen LogP contribution is -2.45. The minimum atomic E-state index is -3.97. The third kappa shape index (κ3) is 4.79. The van der Waals surface area contributed by atoms with Crippen LogP contribution in [0.1, 0.15) is 14.3 Å². The van der Waals surface area contributed by atoms with Crippen LogP contribution in [0.3, 0.4) is 0 Å². The van der Waals surface area contributed by atoms with E-state index < -0.39 is 21.1 Å². The molecular weight excluding hydrogens is 505 g/mol. The summed E-state index contributed by atoms with van der Waals surface area (Å²) in [5.41, 5.74) is 0.395. The number of halogens is 1. The van der Waals surface area contributed by atoms with Crippen molar-refractivity contribution in [1.82, 2.24) is 24.7 Å². The first-order valence-corrected chi connectivity index (χ1v) is 12.9. The van der Waals surface area contributed by atoms with Crippen LogP contribution in [-0.4, -0.2) is 65.7 Å². The minimum Gasteiger partial charge on any atom is -0.494 e. The van der Waals surface area contributed by atoms with Gasteiger partial charge in [-0.1, -0.05) is 6.07 Å². The molecule has 12 nitrogen and oxygen atoms in total. The standard InChI is InChI=1S/C23H24FN7O5S.H2/c1-34-17-7-3-8-18(35-2)20(17)31-21(19-9-5-11-36-19)27-28-23(31)29-37(32,33)16-6-4-10-30(14-16)22-25-12-15(24)13-26-22;/h3,5,7-9,11-13,16H,4,6,10,14H2,1-2H3,(H,28,29);1H/t16-;/m0./s1. The van der Waals surface area contributed by atoms with Gasteiger partial charge in [0, 0.05) is 14.5 Å². The van der Waals surface area contributed by atoms with Gasteiger partial charge in [0.2, 0.25) is 27.7 Å². The van der Waals surface area contributed by atoms with E-state index in [1.807, 2.05) is 0 Å². The Hall–Kier alpha value is -4.20. The van der Waals surface area contributed by atoms with Crippen molar-refractivity contribution in [3.63, 3.8) is 0 Å². The van der Waals surface area contributed by atoms with Crippen molar-refractivity contribution in [2.24, 2.45) is 0 Å². The maximum absolute atomic E-state index is 13.6. The van der Waals surface area contributed by atoms with Crippen molar-refractivity contribution in [1.29, 1.82) is 0 Å². The monoisotopic (exact) mass is 531 g/mol. The molecule has 1 saturated heterocycles. The van der Waals surface area contributed by atoms with E-state index in [2.05, 4.69) is 24.9 Å². The minimum absolute atomic E-state index is 0. The number of benzene rings is 1. The highest BCUT2D eigenvalue weighted by molar-refractivity contribution is 7.93. The van der Waals surface area contributed by atoms with Gasteiger partial charge in [0.25, 0.3) is 0 Å². The molecule has 0 aliphatic carbocycles. The number of aromatic nitrogens is 5. The number of ether oxygens (including phenoxy) is 2. The Labute approximate surface area is 213 Å². The Morgan fingerprint density at radius 2 is 1.84 bits per heavy atom. The fourth-order valence-electron chi connectivity index (χ4n) is 4.23. The zero-order chi connectivity index (χ0) is 26.0. The fraction of sp³-hybridized carbons (Fsp3) is 0.304. The van der Waals surface area contributed by atoms with Crippen molar-refractivity contribution in [2.75, 3.05) is 36.9 Å². The average Bonchev–Trinajstić information content (AvgIpc) is 3.58. The van der Waals surface area contributed by atoms with Gasteiger partial charge in [-0.15, -0.1) is 10.2 Å². The maximum Gasteiger partial charge on any atom is 0.243 e. The predicted octanol–water partition coefficient (Wildman–Crippen LogP) is 3.13. The summed E-state index contributed by atoms with van der Waals surface area (Å²) < 4.78 is 61.1. The molecule has 1 aliphatic heterocycles. The third-order valence-corrected chi connectivity index (χ3v) is 7.70. The molecule has 1 atom stereocenters. The van der Waals surface area contributed by atoms with E-state index in [9.17, 15) is 12.8 Å². The van der Waals surface area contributed by atoms with E-state index >= 15 is 0 Å². The largest absolute Gasteiger partial charge is 0.494 e. The van der Waals surface area contributed by atoms with Crippen LogP contribution in [0.15, 0.2) is 53.4 Å². The first-order chi connectivity index (χ1) is 17.9. The number of nitrogens with zero attached hydrogens (tertiary/aromatic N) is 6. The van der Waals surface area contributed by atoms with Crippen LogP contribution in [0.2, 0.25) is 0 Å². The van der Waals surface area contributed by atoms with Gasteiger partial charge in [-0.25, -0.2) is 22.8 Å². The van der Waals surface area contributed by atoms with Crippen LogP contribution in [0, 0.1) is 5.82 Å². The molecule has 3 aromatic heterocycles. The number of para-hydroxylation sites is 1. The third-order valence-electron chi connectivity index (χ3n) is 5.97. The van der Waals surface area contributed by atoms with Crippen LogP contribution in [0.4, 0.5) is 16.3 Å². The Kier molecular flexibility index (Phi) is 6.65. The number of sulfonamides is 1.